The smallest absolute Gasteiger partial charge is 0.335 e. The van der Waals surface area contributed by atoms with E-state index in [1.54, 1.807) is 24.3 Å². The molecular formula is C23H13N2O8-. The summed E-state index contributed by atoms with van der Waals surface area (Å²) in [6, 6.07) is 12.6. The molecule has 3 aromatic rings. The van der Waals surface area contributed by atoms with E-state index in [2.05, 4.69) is 5.32 Å². The lowest BCUT2D eigenvalue weighted by molar-refractivity contribution is -0.255. The van der Waals surface area contributed by atoms with Gasteiger partial charge in [0.05, 0.1) is 11.7 Å². The number of imide groups is 2. The maximum absolute atomic E-state index is 13.0. The molecule has 10 nitrogen and oxygen atoms in total. The number of urea groups is 1. The molecule has 10 heteroatoms. The molecule has 0 bridgehead atoms. The number of rotatable bonds is 4. The number of nitrogens with one attached hydrogen (secondary N) is 1. The summed E-state index contributed by atoms with van der Waals surface area (Å²) in [4.78, 5) is 49.5. The lowest BCUT2D eigenvalue weighted by Gasteiger charge is -2.26. The number of amides is 4. The molecule has 2 aromatic carbocycles. The molecular weight excluding hydrogens is 432 g/mol. The normalized spacial score (nSPS) is 16.3. The van der Waals surface area contributed by atoms with E-state index in [1.165, 1.54) is 36.4 Å². The highest BCUT2D eigenvalue weighted by Gasteiger charge is 2.37. The third-order valence-electron chi connectivity index (χ3n) is 5.03. The largest absolute Gasteiger partial charge is 0.545 e. The molecule has 4 amide bonds. The van der Waals surface area contributed by atoms with Crippen LogP contribution in [0.25, 0.3) is 17.4 Å². The highest BCUT2D eigenvalue weighted by Crippen LogP contribution is 2.36. The Kier molecular flexibility index (Phi) is 4.67. The fraction of sp³-hybridized carbons (Fsp3) is 0.0435. The van der Waals surface area contributed by atoms with Crippen molar-refractivity contribution in [2.45, 2.75) is 0 Å². The fourth-order valence-corrected chi connectivity index (χ4v) is 3.41. The van der Waals surface area contributed by atoms with E-state index in [1.807, 2.05) is 0 Å². The van der Waals surface area contributed by atoms with Crippen LogP contribution >= 0.6 is 0 Å². The minimum atomic E-state index is -1.30. The first kappa shape index (κ1) is 20.1. The second-order valence-corrected chi connectivity index (χ2v) is 7.06. The van der Waals surface area contributed by atoms with Crippen LogP contribution in [0.5, 0.6) is 11.5 Å². The molecule has 0 radical (unpaired) electrons. The third kappa shape index (κ3) is 3.59. The molecule has 0 saturated carbocycles. The van der Waals surface area contributed by atoms with Crippen LogP contribution in [0.3, 0.4) is 0 Å². The maximum atomic E-state index is 13.0. The van der Waals surface area contributed by atoms with Crippen molar-refractivity contribution in [2.24, 2.45) is 0 Å². The summed E-state index contributed by atoms with van der Waals surface area (Å²) in [6.07, 6.45) is 1.23. The van der Waals surface area contributed by atoms with Gasteiger partial charge >= 0.3 is 6.03 Å². The number of carboxylic acid groups (broad SMARTS) is 1. The van der Waals surface area contributed by atoms with Crippen molar-refractivity contribution in [1.29, 1.82) is 0 Å². The summed E-state index contributed by atoms with van der Waals surface area (Å²) in [6.45, 7) is 0.0271. The number of hydrogen-bond donors (Lipinski definition) is 1. The van der Waals surface area contributed by atoms with Gasteiger partial charge in [-0.05, 0) is 35.9 Å². The average molecular weight is 445 g/mol. The number of carbonyl (C=O) groups is 4. The molecule has 1 aromatic heterocycles. The van der Waals surface area contributed by atoms with Crippen LogP contribution in [0.15, 0.2) is 64.6 Å². The number of furan rings is 1. The Bertz CT molecular complexity index is 1350. The average Bonchev–Trinajstić information content (AvgIpc) is 3.46. The van der Waals surface area contributed by atoms with E-state index in [-0.39, 0.29) is 29.4 Å². The van der Waals surface area contributed by atoms with Gasteiger partial charge in [-0.1, -0.05) is 24.3 Å². The Morgan fingerprint density at radius 2 is 1.73 bits per heavy atom. The van der Waals surface area contributed by atoms with E-state index in [4.69, 9.17) is 13.9 Å². The number of hydrogen-bond acceptors (Lipinski definition) is 8. The van der Waals surface area contributed by atoms with Crippen molar-refractivity contribution in [3.05, 3.63) is 71.5 Å². The van der Waals surface area contributed by atoms with Gasteiger partial charge in [-0.15, -0.1) is 0 Å². The minimum absolute atomic E-state index is 0.0189. The molecule has 1 N–H and O–H groups in total. The highest BCUT2D eigenvalue weighted by atomic mass is 16.7. The van der Waals surface area contributed by atoms with Crippen LogP contribution in [0, 0.1) is 0 Å². The predicted octanol–water partition coefficient (Wildman–Crippen LogP) is 1.71. The summed E-state index contributed by atoms with van der Waals surface area (Å²) < 4.78 is 16.2. The molecule has 0 unspecified atom stereocenters. The van der Waals surface area contributed by atoms with Crippen LogP contribution in [0.1, 0.15) is 16.1 Å². The third-order valence-corrected chi connectivity index (χ3v) is 5.03. The molecule has 0 atom stereocenters. The number of anilines is 1. The minimum Gasteiger partial charge on any atom is -0.545 e. The van der Waals surface area contributed by atoms with Gasteiger partial charge in [0.2, 0.25) is 6.79 Å². The Hall–Kier alpha value is -4.86. The molecule has 0 aliphatic carbocycles. The van der Waals surface area contributed by atoms with Gasteiger partial charge < -0.3 is 23.8 Å². The number of benzene rings is 2. The molecule has 1 saturated heterocycles. The molecule has 1 fully saturated rings. The number of nitrogens with zero attached hydrogens (tertiary/aromatic N) is 1. The van der Waals surface area contributed by atoms with Crippen molar-refractivity contribution < 1.29 is 38.2 Å². The van der Waals surface area contributed by atoms with Crippen molar-refractivity contribution in [3.63, 3.8) is 0 Å². The van der Waals surface area contributed by atoms with E-state index < -0.39 is 23.8 Å². The van der Waals surface area contributed by atoms with Gasteiger partial charge in [0.15, 0.2) is 11.5 Å². The van der Waals surface area contributed by atoms with Crippen molar-refractivity contribution in [2.75, 3.05) is 11.7 Å². The van der Waals surface area contributed by atoms with Gasteiger partial charge in [-0.2, -0.15) is 0 Å². The summed E-state index contributed by atoms with van der Waals surface area (Å²) in [5.74, 6) is -1.57. The number of carbonyl (C=O) groups excluding carboxylic acids is 4. The lowest BCUT2D eigenvalue weighted by atomic mass is 10.1. The van der Waals surface area contributed by atoms with Crippen LogP contribution in [-0.2, 0) is 9.59 Å². The molecule has 33 heavy (non-hydrogen) atoms. The molecule has 2 aliphatic heterocycles. The second kappa shape index (κ2) is 7.68. The first-order chi connectivity index (χ1) is 15.9. The van der Waals surface area contributed by atoms with E-state index in [9.17, 15) is 24.3 Å². The predicted molar refractivity (Wildman–Crippen MR) is 110 cm³/mol. The summed E-state index contributed by atoms with van der Waals surface area (Å²) in [5.41, 5.74) is 0.500. The Morgan fingerprint density at radius 1 is 0.970 bits per heavy atom. The monoisotopic (exact) mass is 445 g/mol. The van der Waals surface area contributed by atoms with Gasteiger partial charge in [0, 0.05) is 11.6 Å². The van der Waals surface area contributed by atoms with Crippen LogP contribution in [0.4, 0.5) is 10.5 Å². The summed E-state index contributed by atoms with van der Waals surface area (Å²) >= 11 is 0. The topological polar surface area (TPSA) is 138 Å². The first-order valence-electron chi connectivity index (χ1n) is 9.63. The standard InChI is InChI=1S/C23H14N2O8/c26-20-16(10-15-6-8-17(33-15)12-1-3-13(4-2-12)22(28)29)21(27)25(23(30)24-20)14-5-7-18-19(9-14)32-11-31-18/h1-10H,11H2,(H,28,29)(H,24,26,30)/p-1/b16-10-. The van der Waals surface area contributed by atoms with E-state index in [0.29, 0.717) is 22.8 Å². The first-order valence-corrected chi connectivity index (χ1v) is 9.63. The molecule has 0 spiro atoms. The number of aromatic carboxylic acids is 1. The SMILES string of the molecule is O=C1NC(=O)N(c2ccc3c(c2)OCO3)C(=O)/C1=C\c1ccc(-c2ccc(C(=O)[O-])cc2)o1. The van der Waals surface area contributed by atoms with Crippen LogP contribution < -0.4 is 24.8 Å². The quantitative estimate of drug-likeness (QED) is 0.473. The number of fused-ring (bicyclic) bond motifs is 1. The fourth-order valence-electron chi connectivity index (χ4n) is 3.41. The van der Waals surface area contributed by atoms with Gasteiger partial charge in [0.25, 0.3) is 11.8 Å². The molecule has 2 aliphatic rings. The summed E-state index contributed by atoms with van der Waals surface area (Å²) in [7, 11) is 0. The van der Waals surface area contributed by atoms with Crippen molar-refractivity contribution in [3.8, 4) is 22.8 Å². The second-order valence-electron chi connectivity index (χ2n) is 7.06. The summed E-state index contributed by atoms with van der Waals surface area (Å²) in [5, 5.41) is 13.0. The van der Waals surface area contributed by atoms with Gasteiger partial charge in [0.1, 0.15) is 17.1 Å². The van der Waals surface area contributed by atoms with Gasteiger partial charge in [-0.25, -0.2) is 9.69 Å². The maximum Gasteiger partial charge on any atom is 0.335 e. The van der Waals surface area contributed by atoms with Gasteiger partial charge in [-0.3, -0.25) is 14.9 Å². The zero-order valence-corrected chi connectivity index (χ0v) is 16.7. The number of ether oxygens (including phenoxy) is 2. The zero-order chi connectivity index (χ0) is 23.1. The van der Waals surface area contributed by atoms with Crippen molar-refractivity contribution in [1.82, 2.24) is 5.32 Å². The Balaban J connectivity index is 1.44. The molecule has 164 valence electrons. The van der Waals surface area contributed by atoms with Crippen LogP contribution in [0.2, 0.25) is 0 Å². The van der Waals surface area contributed by atoms with Crippen molar-refractivity contribution >= 4 is 35.6 Å². The van der Waals surface area contributed by atoms with E-state index in [0.717, 1.165) is 4.90 Å². The lowest BCUT2D eigenvalue weighted by Crippen LogP contribution is -2.54. The number of barbiturate groups is 1. The zero-order valence-electron chi connectivity index (χ0n) is 16.7. The number of carboxylic acids is 1. The van der Waals surface area contributed by atoms with Crippen LogP contribution in [-0.4, -0.2) is 30.6 Å². The molecule has 5 rings (SSSR count). The highest BCUT2D eigenvalue weighted by molar-refractivity contribution is 6.39. The Morgan fingerprint density at radius 3 is 2.48 bits per heavy atom. The molecule has 3 heterocycles. The van der Waals surface area contributed by atoms with E-state index >= 15 is 0 Å². The Labute approximate surface area is 185 Å².